The van der Waals surface area contributed by atoms with Crippen LogP contribution in [0, 0.1) is 0 Å². The number of ether oxygens (including phenoxy) is 1. The van der Waals surface area contributed by atoms with Gasteiger partial charge in [0, 0.05) is 30.0 Å². The van der Waals surface area contributed by atoms with Crippen LogP contribution in [0.25, 0.3) is 0 Å². The van der Waals surface area contributed by atoms with E-state index in [0.717, 1.165) is 24.2 Å². The van der Waals surface area contributed by atoms with Gasteiger partial charge in [-0.15, -0.1) is 0 Å². The third-order valence-corrected chi connectivity index (χ3v) is 4.63. The zero-order chi connectivity index (χ0) is 12.8. The molecular weight excluding hydrogens is 228 g/mol. The number of nitrogens with zero attached hydrogens (tertiary/aromatic N) is 2. The molecule has 0 amide bonds. The summed E-state index contributed by atoms with van der Waals surface area (Å²) in [7, 11) is 3.81. The summed E-state index contributed by atoms with van der Waals surface area (Å²) in [6.07, 6.45) is 7.39. The van der Waals surface area contributed by atoms with E-state index in [-0.39, 0.29) is 0 Å². The molecule has 2 fully saturated rings. The third-order valence-electron chi connectivity index (χ3n) is 4.63. The molecule has 4 nitrogen and oxygen atoms in total. The van der Waals surface area contributed by atoms with Crippen molar-refractivity contribution in [1.29, 1.82) is 0 Å². The Labute approximate surface area is 108 Å². The zero-order valence-corrected chi connectivity index (χ0v) is 11.0. The molecule has 1 N–H and O–H groups in total. The minimum atomic E-state index is -0.780. The molecule has 0 radical (unpaired) electrons. The van der Waals surface area contributed by atoms with Crippen molar-refractivity contribution in [3.8, 4) is 5.75 Å². The number of rotatable bonds is 2. The highest BCUT2D eigenvalue weighted by Gasteiger charge is 2.47. The van der Waals surface area contributed by atoms with E-state index in [1.165, 1.54) is 12.8 Å². The van der Waals surface area contributed by atoms with Crippen molar-refractivity contribution in [2.75, 3.05) is 14.2 Å². The first-order chi connectivity index (χ1) is 8.64. The summed E-state index contributed by atoms with van der Waals surface area (Å²) in [5.41, 5.74) is 0.0651. The smallest absolute Gasteiger partial charge is 0.128 e. The molecule has 98 valence electrons. The van der Waals surface area contributed by atoms with Crippen LogP contribution < -0.4 is 4.74 Å². The fourth-order valence-corrected chi connectivity index (χ4v) is 3.57. The predicted octanol–water partition coefficient (Wildman–Crippen LogP) is 1.53. The van der Waals surface area contributed by atoms with Gasteiger partial charge >= 0.3 is 0 Å². The van der Waals surface area contributed by atoms with E-state index in [1.54, 1.807) is 19.5 Å². The van der Waals surface area contributed by atoms with Gasteiger partial charge in [0.15, 0.2) is 0 Å². The fourth-order valence-electron chi connectivity index (χ4n) is 3.57. The van der Waals surface area contributed by atoms with Crippen LogP contribution in [-0.2, 0) is 5.60 Å². The summed E-state index contributed by atoms with van der Waals surface area (Å²) in [6, 6.07) is 2.80. The van der Waals surface area contributed by atoms with E-state index in [4.69, 9.17) is 4.74 Å². The van der Waals surface area contributed by atoms with Gasteiger partial charge in [-0.3, -0.25) is 4.98 Å². The Morgan fingerprint density at radius 1 is 1.39 bits per heavy atom. The van der Waals surface area contributed by atoms with Gasteiger partial charge in [-0.25, -0.2) is 0 Å². The second-order valence-electron chi connectivity index (χ2n) is 5.57. The number of methoxy groups -OCH3 is 1. The lowest BCUT2D eigenvalue weighted by Gasteiger charge is -2.42. The van der Waals surface area contributed by atoms with Crippen molar-refractivity contribution in [2.24, 2.45) is 0 Å². The summed E-state index contributed by atoms with van der Waals surface area (Å²) < 4.78 is 5.37. The number of hydrogen-bond acceptors (Lipinski definition) is 4. The monoisotopic (exact) mass is 248 g/mol. The number of aromatic nitrogens is 1. The Morgan fingerprint density at radius 2 is 2.06 bits per heavy atom. The van der Waals surface area contributed by atoms with E-state index < -0.39 is 5.60 Å². The van der Waals surface area contributed by atoms with Crippen molar-refractivity contribution >= 4 is 0 Å². The Kier molecular flexibility index (Phi) is 2.79. The molecule has 18 heavy (non-hydrogen) atoms. The highest BCUT2D eigenvalue weighted by Crippen LogP contribution is 2.46. The Hall–Kier alpha value is -1.13. The predicted molar refractivity (Wildman–Crippen MR) is 68.5 cm³/mol. The van der Waals surface area contributed by atoms with Gasteiger partial charge in [0.2, 0.25) is 0 Å². The van der Waals surface area contributed by atoms with Crippen LogP contribution in [0.3, 0.4) is 0 Å². The van der Waals surface area contributed by atoms with Crippen molar-refractivity contribution in [1.82, 2.24) is 9.88 Å². The van der Waals surface area contributed by atoms with E-state index in [2.05, 4.69) is 16.9 Å². The van der Waals surface area contributed by atoms with Crippen LogP contribution >= 0.6 is 0 Å². The average Bonchev–Trinajstić information content (AvgIpc) is 2.63. The number of pyridine rings is 1. The molecule has 2 saturated heterocycles. The molecule has 1 aromatic rings. The maximum Gasteiger partial charge on any atom is 0.128 e. The van der Waals surface area contributed by atoms with Gasteiger partial charge in [0.05, 0.1) is 12.7 Å². The summed E-state index contributed by atoms with van der Waals surface area (Å²) >= 11 is 0. The van der Waals surface area contributed by atoms with Crippen LogP contribution in [0.15, 0.2) is 18.5 Å². The number of piperidine rings is 1. The molecule has 2 aliphatic heterocycles. The molecule has 2 unspecified atom stereocenters. The Balaban J connectivity index is 1.96. The topological polar surface area (TPSA) is 45.6 Å². The average molecular weight is 248 g/mol. The fraction of sp³-hybridized carbons (Fsp3) is 0.643. The SMILES string of the molecule is COc1ccncc1C1(O)CC2CCC(C1)N2C. The summed E-state index contributed by atoms with van der Waals surface area (Å²) in [4.78, 5) is 6.56. The van der Waals surface area contributed by atoms with E-state index in [1.807, 2.05) is 6.07 Å². The molecule has 0 saturated carbocycles. The molecule has 2 bridgehead atoms. The summed E-state index contributed by atoms with van der Waals surface area (Å²) in [5.74, 6) is 0.747. The molecule has 0 aliphatic carbocycles. The zero-order valence-electron chi connectivity index (χ0n) is 11.0. The normalized spacial score (nSPS) is 35.7. The maximum atomic E-state index is 11.0. The molecule has 1 aromatic heterocycles. The Bertz CT molecular complexity index is 435. The van der Waals surface area contributed by atoms with Gasteiger partial charge in [-0.1, -0.05) is 0 Å². The lowest BCUT2D eigenvalue weighted by molar-refractivity contribution is -0.0508. The van der Waals surface area contributed by atoms with Gasteiger partial charge in [0.1, 0.15) is 5.75 Å². The highest BCUT2D eigenvalue weighted by molar-refractivity contribution is 5.36. The second-order valence-corrected chi connectivity index (χ2v) is 5.57. The van der Waals surface area contributed by atoms with E-state index in [9.17, 15) is 5.11 Å². The Morgan fingerprint density at radius 3 is 2.67 bits per heavy atom. The van der Waals surface area contributed by atoms with Crippen molar-refractivity contribution in [3.05, 3.63) is 24.0 Å². The minimum absolute atomic E-state index is 0.485. The molecule has 3 heterocycles. The van der Waals surface area contributed by atoms with E-state index >= 15 is 0 Å². The number of fused-ring (bicyclic) bond motifs is 2. The molecule has 4 heteroatoms. The van der Waals surface area contributed by atoms with Crippen LogP contribution in [0.5, 0.6) is 5.75 Å². The number of aliphatic hydroxyl groups is 1. The molecular formula is C14H20N2O2. The minimum Gasteiger partial charge on any atom is -0.496 e. The lowest BCUT2D eigenvalue weighted by atomic mass is 9.81. The van der Waals surface area contributed by atoms with Crippen molar-refractivity contribution < 1.29 is 9.84 Å². The van der Waals surface area contributed by atoms with E-state index in [0.29, 0.717) is 12.1 Å². The van der Waals surface area contributed by atoms with Crippen LogP contribution in [0.4, 0.5) is 0 Å². The molecule has 3 rings (SSSR count). The summed E-state index contributed by atoms with van der Waals surface area (Å²) in [5, 5.41) is 11.0. The standard InChI is InChI=1S/C14H20N2O2/c1-16-10-3-4-11(16)8-14(17,7-10)12-9-15-6-5-13(12)18-2/h5-6,9-11,17H,3-4,7-8H2,1-2H3. The first kappa shape index (κ1) is 11.9. The highest BCUT2D eigenvalue weighted by atomic mass is 16.5. The molecule has 0 spiro atoms. The van der Waals surface area contributed by atoms with Gasteiger partial charge in [-0.2, -0.15) is 0 Å². The van der Waals surface area contributed by atoms with Gasteiger partial charge in [-0.05, 0) is 38.8 Å². The second kappa shape index (κ2) is 4.21. The number of hydrogen-bond donors (Lipinski definition) is 1. The van der Waals surface area contributed by atoms with Gasteiger partial charge < -0.3 is 14.7 Å². The quantitative estimate of drug-likeness (QED) is 0.862. The van der Waals surface area contributed by atoms with Crippen LogP contribution in [0.2, 0.25) is 0 Å². The van der Waals surface area contributed by atoms with Gasteiger partial charge in [0.25, 0.3) is 0 Å². The molecule has 2 atom stereocenters. The largest absolute Gasteiger partial charge is 0.496 e. The van der Waals surface area contributed by atoms with Crippen LogP contribution in [0.1, 0.15) is 31.2 Å². The van der Waals surface area contributed by atoms with Crippen LogP contribution in [-0.4, -0.2) is 41.2 Å². The molecule has 2 aliphatic rings. The van der Waals surface area contributed by atoms with Crippen molar-refractivity contribution in [3.63, 3.8) is 0 Å². The summed E-state index contributed by atoms with van der Waals surface area (Å²) in [6.45, 7) is 0. The third kappa shape index (κ3) is 1.71. The molecule has 0 aromatic carbocycles. The first-order valence-electron chi connectivity index (χ1n) is 6.57. The maximum absolute atomic E-state index is 11.0. The first-order valence-corrected chi connectivity index (χ1v) is 6.57. The lowest BCUT2D eigenvalue weighted by Crippen LogP contribution is -2.47. The van der Waals surface area contributed by atoms with Crippen molar-refractivity contribution in [2.45, 2.75) is 43.4 Å².